The van der Waals surface area contributed by atoms with Crippen LogP contribution in [0.15, 0.2) is 30.4 Å². The summed E-state index contributed by atoms with van der Waals surface area (Å²) in [4.78, 5) is 0. The van der Waals surface area contributed by atoms with Crippen molar-refractivity contribution in [1.82, 2.24) is 0 Å². The maximum Gasteiger partial charge on any atom is 0.0670 e. The van der Waals surface area contributed by atoms with E-state index < -0.39 is 0 Å². The molecule has 0 saturated carbocycles. The molecule has 0 radical (unpaired) electrons. The fourth-order valence-corrected chi connectivity index (χ4v) is 1.21. The maximum absolute atomic E-state index is 8.61. The molecule has 0 aromatic heterocycles. The van der Waals surface area contributed by atoms with Crippen molar-refractivity contribution in [1.29, 1.82) is 5.26 Å². The molecule has 0 saturated heterocycles. The first-order chi connectivity index (χ1) is 7.13. The Bertz CT molecular complexity index is 402. The van der Waals surface area contributed by atoms with Crippen molar-refractivity contribution in [2.24, 2.45) is 0 Å². The van der Waals surface area contributed by atoms with Gasteiger partial charge in [0.15, 0.2) is 0 Å². The molecule has 1 aromatic rings. The Morgan fingerprint density at radius 3 is 2.93 bits per heavy atom. The highest BCUT2D eigenvalue weighted by Crippen LogP contribution is 2.18. The Balaban J connectivity index is 2.79. The fraction of sp³-hybridized carbons (Fsp3) is 0.250. The molecule has 0 fully saturated rings. The van der Waals surface area contributed by atoms with E-state index >= 15 is 0 Å². The summed E-state index contributed by atoms with van der Waals surface area (Å²) in [6.07, 6.45) is 0.342. The van der Waals surface area contributed by atoms with E-state index in [2.05, 4.69) is 18.0 Å². The molecule has 1 rings (SSSR count). The van der Waals surface area contributed by atoms with Crippen LogP contribution in [0, 0.1) is 11.3 Å². The molecular formula is C12H15N3. The second-order valence-corrected chi connectivity index (χ2v) is 3.56. The Morgan fingerprint density at radius 2 is 2.33 bits per heavy atom. The summed E-state index contributed by atoms with van der Waals surface area (Å²) < 4.78 is 0. The van der Waals surface area contributed by atoms with E-state index in [1.165, 1.54) is 0 Å². The van der Waals surface area contributed by atoms with Gasteiger partial charge in [0.05, 0.1) is 12.5 Å². The van der Waals surface area contributed by atoms with Crippen LogP contribution in [0.3, 0.4) is 0 Å². The van der Waals surface area contributed by atoms with Crippen LogP contribution in [0.5, 0.6) is 0 Å². The fourth-order valence-electron chi connectivity index (χ4n) is 1.21. The molecule has 3 nitrogen and oxygen atoms in total. The highest BCUT2D eigenvalue weighted by Gasteiger charge is 2.00. The number of hydrogen-bond acceptors (Lipinski definition) is 3. The van der Waals surface area contributed by atoms with Gasteiger partial charge in [0.2, 0.25) is 0 Å². The van der Waals surface area contributed by atoms with Crippen LogP contribution in [-0.4, -0.2) is 6.54 Å². The molecule has 0 aliphatic rings. The standard InChI is InChI=1S/C12H15N3/c1-9(2)8-15-11-3-4-12(14)10(7-11)5-6-13/h3-4,7,15H,1,5,8,14H2,2H3. The number of nitriles is 1. The van der Waals surface area contributed by atoms with Crippen molar-refractivity contribution in [2.75, 3.05) is 17.6 Å². The van der Waals surface area contributed by atoms with E-state index in [9.17, 15) is 0 Å². The van der Waals surface area contributed by atoms with Crippen LogP contribution in [0.25, 0.3) is 0 Å². The third-order valence-corrected chi connectivity index (χ3v) is 2.01. The smallest absolute Gasteiger partial charge is 0.0670 e. The zero-order chi connectivity index (χ0) is 11.3. The Morgan fingerprint density at radius 1 is 1.60 bits per heavy atom. The SMILES string of the molecule is C=C(C)CNc1ccc(N)c(CC#N)c1. The molecule has 0 spiro atoms. The maximum atomic E-state index is 8.61. The van der Waals surface area contributed by atoms with Crippen molar-refractivity contribution in [2.45, 2.75) is 13.3 Å². The number of nitrogens with one attached hydrogen (secondary N) is 1. The van der Waals surface area contributed by atoms with Gasteiger partial charge in [0.1, 0.15) is 0 Å². The molecule has 0 aliphatic carbocycles. The Kier molecular flexibility index (Phi) is 3.75. The molecule has 0 amide bonds. The van der Waals surface area contributed by atoms with E-state index in [0.29, 0.717) is 12.1 Å². The molecule has 3 heteroatoms. The topological polar surface area (TPSA) is 61.8 Å². The van der Waals surface area contributed by atoms with Crippen molar-refractivity contribution in [3.05, 3.63) is 35.9 Å². The molecule has 0 aliphatic heterocycles. The van der Waals surface area contributed by atoms with Crippen LogP contribution in [0.4, 0.5) is 11.4 Å². The molecule has 0 unspecified atom stereocenters. The van der Waals surface area contributed by atoms with Gasteiger partial charge in [-0.15, -0.1) is 0 Å². The van der Waals surface area contributed by atoms with Crippen LogP contribution in [0.1, 0.15) is 12.5 Å². The van der Waals surface area contributed by atoms with Crippen molar-refractivity contribution < 1.29 is 0 Å². The predicted molar refractivity (Wildman–Crippen MR) is 63.5 cm³/mol. The molecule has 78 valence electrons. The summed E-state index contributed by atoms with van der Waals surface area (Å²) in [5.41, 5.74) is 9.30. The van der Waals surface area contributed by atoms with E-state index in [4.69, 9.17) is 11.0 Å². The molecule has 15 heavy (non-hydrogen) atoms. The zero-order valence-electron chi connectivity index (χ0n) is 8.88. The minimum atomic E-state index is 0.342. The molecule has 0 heterocycles. The van der Waals surface area contributed by atoms with E-state index in [1.54, 1.807) is 0 Å². The first kappa shape index (κ1) is 11.1. The minimum absolute atomic E-state index is 0.342. The lowest BCUT2D eigenvalue weighted by molar-refractivity contribution is 1.20. The van der Waals surface area contributed by atoms with Gasteiger partial charge in [-0.3, -0.25) is 0 Å². The summed E-state index contributed by atoms with van der Waals surface area (Å²) in [5, 5.41) is 11.8. The van der Waals surface area contributed by atoms with Crippen molar-refractivity contribution in [3.63, 3.8) is 0 Å². The predicted octanol–water partition coefficient (Wildman–Crippen LogP) is 2.32. The largest absolute Gasteiger partial charge is 0.398 e. The normalized spacial score (nSPS) is 9.33. The second-order valence-electron chi connectivity index (χ2n) is 3.56. The van der Waals surface area contributed by atoms with Gasteiger partial charge in [-0.05, 0) is 30.7 Å². The van der Waals surface area contributed by atoms with Gasteiger partial charge in [-0.2, -0.15) is 5.26 Å². The lowest BCUT2D eigenvalue weighted by Crippen LogP contribution is -2.03. The van der Waals surface area contributed by atoms with E-state index in [0.717, 1.165) is 23.4 Å². The summed E-state index contributed by atoms with van der Waals surface area (Å²) in [6, 6.07) is 7.71. The third-order valence-electron chi connectivity index (χ3n) is 2.01. The van der Waals surface area contributed by atoms with E-state index in [1.807, 2.05) is 25.1 Å². The molecule has 0 atom stereocenters. The van der Waals surface area contributed by atoms with Gasteiger partial charge in [-0.1, -0.05) is 12.2 Å². The average Bonchev–Trinajstić information content (AvgIpc) is 2.19. The lowest BCUT2D eigenvalue weighted by Gasteiger charge is -2.08. The van der Waals surface area contributed by atoms with Gasteiger partial charge in [0.25, 0.3) is 0 Å². The first-order valence-corrected chi connectivity index (χ1v) is 4.77. The van der Waals surface area contributed by atoms with Crippen LogP contribution in [0.2, 0.25) is 0 Å². The Labute approximate surface area is 90.2 Å². The minimum Gasteiger partial charge on any atom is -0.398 e. The van der Waals surface area contributed by atoms with Gasteiger partial charge >= 0.3 is 0 Å². The van der Waals surface area contributed by atoms with Crippen molar-refractivity contribution in [3.8, 4) is 6.07 Å². The van der Waals surface area contributed by atoms with Crippen LogP contribution in [-0.2, 0) is 6.42 Å². The van der Waals surface area contributed by atoms with Crippen LogP contribution >= 0.6 is 0 Å². The summed E-state index contributed by atoms with van der Waals surface area (Å²) in [6.45, 7) is 6.50. The highest BCUT2D eigenvalue weighted by atomic mass is 14.9. The first-order valence-electron chi connectivity index (χ1n) is 4.77. The molecule has 1 aromatic carbocycles. The number of nitrogens with zero attached hydrogens (tertiary/aromatic N) is 1. The summed E-state index contributed by atoms with van der Waals surface area (Å²) >= 11 is 0. The summed E-state index contributed by atoms with van der Waals surface area (Å²) in [7, 11) is 0. The van der Waals surface area contributed by atoms with Gasteiger partial charge in [-0.25, -0.2) is 0 Å². The molecular weight excluding hydrogens is 186 g/mol. The number of rotatable bonds is 4. The number of nitrogen functional groups attached to an aromatic ring is 1. The molecule has 3 N–H and O–H groups in total. The number of hydrogen-bond donors (Lipinski definition) is 2. The highest BCUT2D eigenvalue weighted by molar-refractivity contribution is 5.58. The second kappa shape index (κ2) is 5.06. The number of benzene rings is 1. The zero-order valence-corrected chi connectivity index (χ0v) is 8.88. The van der Waals surface area contributed by atoms with E-state index in [-0.39, 0.29) is 0 Å². The Hall–Kier alpha value is -1.95. The monoisotopic (exact) mass is 201 g/mol. The molecule has 0 bridgehead atoms. The number of anilines is 2. The third kappa shape index (κ3) is 3.35. The van der Waals surface area contributed by atoms with Crippen molar-refractivity contribution >= 4 is 11.4 Å². The summed E-state index contributed by atoms with van der Waals surface area (Å²) in [5.74, 6) is 0. The van der Waals surface area contributed by atoms with Gasteiger partial charge < -0.3 is 11.1 Å². The lowest BCUT2D eigenvalue weighted by atomic mass is 10.1. The average molecular weight is 201 g/mol. The van der Waals surface area contributed by atoms with Crippen LogP contribution < -0.4 is 11.1 Å². The number of nitrogens with two attached hydrogens (primary N) is 1. The van der Waals surface area contributed by atoms with Gasteiger partial charge in [0, 0.05) is 17.9 Å². The quantitative estimate of drug-likeness (QED) is 0.580.